The Bertz CT molecular complexity index is 1250. The maximum absolute atomic E-state index is 13.0. The highest BCUT2D eigenvalue weighted by Gasteiger charge is 2.35. The molecule has 8 nitrogen and oxygen atoms in total. The van der Waals surface area contributed by atoms with Crippen LogP contribution in [0.3, 0.4) is 0 Å². The summed E-state index contributed by atoms with van der Waals surface area (Å²) < 4.78 is 27.4. The van der Waals surface area contributed by atoms with Crippen molar-refractivity contribution in [2.45, 2.75) is 50.8 Å². The minimum absolute atomic E-state index is 0.0922. The number of sulfonamides is 1. The van der Waals surface area contributed by atoms with Crippen LogP contribution in [0.4, 0.5) is 5.69 Å². The van der Waals surface area contributed by atoms with Crippen molar-refractivity contribution in [3.05, 3.63) is 58.7 Å². The second-order valence-electron chi connectivity index (χ2n) is 8.90. The fourth-order valence-electron chi connectivity index (χ4n) is 4.37. The minimum Gasteiger partial charge on any atom is -0.326 e. The van der Waals surface area contributed by atoms with Crippen molar-refractivity contribution in [3.63, 3.8) is 0 Å². The fraction of sp³-hybridized carbons (Fsp3) is 0.400. The average molecular weight is 484 g/mol. The maximum atomic E-state index is 13.0. The summed E-state index contributed by atoms with van der Waals surface area (Å²) >= 11 is 0. The topological polar surface area (TPSA) is 104 Å². The monoisotopic (exact) mass is 483 g/mol. The number of carbonyl (C=O) groups excluding carboxylic acids is 3. The number of nitrogens with one attached hydrogen (secondary N) is 1. The smallest absolute Gasteiger partial charge is 0.261 e. The van der Waals surface area contributed by atoms with E-state index in [1.807, 2.05) is 6.92 Å². The third-order valence-corrected chi connectivity index (χ3v) is 8.24. The number of fused-ring (bicyclic) bond motifs is 1. The summed E-state index contributed by atoms with van der Waals surface area (Å²) in [5.41, 5.74) is 2.89. The Balaban J connectivity index is 1.37. The predicted octanol–water partition coefficient (Wildman–Crippen LogP) is 3.49. The van der Waals surface area contributed by atoms with E-state index >= 15 is 0 Å². The van der Waals surface area contributed by atoms with Crippen LogP contribution in [0.5, 0.6) is 0 Å². The molecule has 4 rings (SSSR count). The van der Waals surface area contributed by atoms with E-state index in [0.29, 0.717) is 36.3 Å². The van der Waals surface area contributed by atoms with Gasteiger partial charge in [0.25, 0.3) is 11.8 Å². The first-order valence-electron chi connectivity index (χ1n) is 11.6. The van der Waals surface area contributed by atoms with Crippen LogP contribution in [0.1, 0.15) is 63.9 Å². The standard InChI is InChI=1S/C25H29N3O5S/c1-17-8-11-20-21(15-17)25(31)28(24(20)30)14-6-7-23(29)26-22-16-19(10-9-18(22)2)34(32,33)27-12-4-3-5-13-27/h8-11,15-16H,3-7,12-14H2,1-2H3,(H,26,29). The molecule has 1 saturated heterocycles. The Morgan fingerprint density at radius 3 is 2.38 bits per heavy atom. The highest BCUT2D eigenvalue weighted by molar-refractivity contribution is 7.89. The molecule has 0 atom stereocenters. The zero-order valence-corrected chi connectivity index (χ0v) is 20.3. The summed E-state index contributed by atoms with van der Waals surface area (Å²) in [6.45, 7) is 4.82. The molecule has 2 aliphatic heterocycles. The van der Waals surface area contributed by atoms with Gasteiger partial charge >= 0.3 is 0 Å². The van der Waals surface area contributed by atoms with E-state index in [2.05, 4.69) is 5.32 Å². The quantitative estimate of drug-likeness (QED) is 0.607. The second kappa shape index (κ2) is 9.68. The molecule has 0 aromatic heterocycles. The summed E-state index contributed by atoms with van der Waals surface area (Å²) in [6.07, 6.45) is 3.13. The van der Waals surface area contributed by atoms with Crippen LogP contribution in [0, 0.1) is 13.8 Å². The van der Waals surface area contributed by atoms with Crippen LogP contribution in [-0.4, -0.2) is 55.0 Å². The van der Waals surface area contributed by atoms with Crippen molar-refractivity contribution in [2.24, 2.45) is 0 Å². The summed E-state index contributed by atoms with van der Waals surface area (Å²) in [5, 5.41) is 2.79. The lowest BCUT2D eigenvalue weighted by atomic mass is 10.1. The van der Waals surface area contributed by atoms with Gasteiger partial charge in [-0.15, -0.1) is 0 Å². The molecule has 0 aliphatic carbocycles. The molecule has 9 heteroatoms. The van der Waals surface area contributed by atoms with Crippen molar-refractivity contribution in [3.8, 4) is 0 Å². The number of amides is 3. The number of anilines is 1. The number of nitrogens with zero attached hydrogens (tertiary/aromatic N) is 2. The molecular weight excluding hydrogens is 454 g/mol. The van der Waals surface area contributed by atoms with E-state index in [1.165, 1.54) is 15.3 Å². The largest absolute Gasteiger partial charge is 0.326 e. The molecule has 180 valence electrons. The lowest BCUT2D eigenvalue weighted by Gasteiger charge is -2.26. The summed E-state index contributed by atoms with van der Waals surface area (Å²) in [6, 6.07) is 9.92. The zero-order chi connectivity index (χ0) is 24.5. The number of piperidine rings is 1. The minimum atomic E-state index is -3.61. The second-order valence-corrected chi connectivity index (χ2v) is 10.8. The van der Waals surface area contributed by atoms with Gasteiger partial charge in [0.05, 0.1) is 16.0 Å². The van der Waals surface area contributed by atoms with Crippen LogP contribution in [0.25, 0.3) is 0 Å². The average Bonchev–Trinajstić information content (AvgIpc) is 3.05. The molecule has 1 fully saturated rings. The molecule has 2 aliphatic rings. The molecule has 34 heavy (non-hydrogen) atoms. The molecule has 3 amide bonds. The molecular formula is C25H29N3O5S. The van der Waals surface area contributed by atoms with Crippen molar-refractivity contribution in [2.75, 3.05) is 25.0 Å². The molecule has 2 heterocycles. The summed E-state index contributed by atoms with van der Waals surface area (Å²) in [5.74, 6) is -0.981. The number of carbonyl (C=O) groups is 3. The Kier molecular flexibility index (Phi) is 6.86. The van der Waals surface area contributed by atoms with Gasteiger partial charge in [0.2, 0.25) is 15.9 Å². The van der Waals surface area contributed by atoms with E-state index in [4.69, 9.17) is 0 Å². The third-order valence-electron chi connectivity index (χ3n) is 6.35. The summed E-state index contributed by atoms with van der Waals surface area (Å²) in [4.78, 5) is 39.0. The number of rotatable bonds is 7. The Morgan fingerprint density at radius 1 is 0.941 bits per heavy atom. The first kappa shape index (κ1) is 24.1. The molecule has 2 aromatic rings. The Hall–Kier alpha value is -3.04. The predicted molar refractivity (Wildman–Crippen MR) is 128 cm³/mol. The van der Waals surface area contributed by atoms with E-state index in [9.17, 15) is 22.8 Å². The van der Waals surface area contributed by atoms with Gasteiger partial charge in [-0.25, -0.2) is 8.42 Å². The Morgan fingerprint density at radius 2 is 1.65 bits per heavy atom. The van der Waals surface area contributed by atoms with Gasteiger partial charge < -0.3 is 5.32 Å². The number of hydrogen-bond acceptors (Lipinski definition) is 5. The number of imide groups is 1. The molecule has 0 bridgehead atoms. The molecule has 1 N–H and O–H groups in total. The van der Waals surface area contributed by atoms with Crippen molar-refractivity contribution in [1.29, 1.82) is 0 Å². The van der Waals surface area contributed by atoms with E-state index < -0.39 is 10.0 Å². The van der Waals surface area contributed by atoms with Gasteiger partial charge in [-0.1, -0.05) is 24.1 Å². The lowest BCUT2D eigenvalue weighted by Crippen LogP contribution is -2.35. The highest BCUT2D eigenvalue weighted by Crippen LogP contribution is 2.26. The normalized spacial score (nSPS) is 16.6. The number of aryl methyl sites for hydroxylation is 2. The van der Waals surface area contributed by atoms with Gasteiger partial charge in [0, 0.05) is 31.7 Å². The van der Waals surface area contributed by atoms with Gasteiger partial charge in [0.15, 0.2) is 0 Å². The van der Waals surface area contributed by atoms with Gasteiger partial charge in [-0.2, -0.15) is 4.31 Å². The van der Waals surface area contributed by atoms with Gasteiger partial charge in [-0.05, 0) is 62.9 Å². The van der Waals surface area contributed by atoms with E-state index in [1.54, 1.807) is 37.3 Å². The molecule has 0 spiro atoms. The number of benzene rings is 2. The first-order chi connectivity index (χ1) is 16.2. The van der Waals surface area contributed by atoms with Crippen LogP contribution in [0.15, 0.2) is 41.3 Å². The van der Waals surface area contributed by atoms with Crippen molar-refractivity contribution in [1.82, 2.24) is 9.21 Å². The lowest BCUT2D eigenvalue weighted by molar-refractivity contribution is -0.116. The Labute approximate surface area is 200 Å². The molecule has 0 unspecified atom stereocenters. The van der Waals surface area contributed by atoms with Crippen molar-refractivity contribution < 1.29 is 22.8 Å². The van der Waals surface area contributed by atoms with Gasteiger partial charge in [0.1, 0.15) is 0 Å². The molecule has 2 aromatic carbocycles. The third kappa shape index (κ3) is 4.76. The SMILES string of the molecule is Cc1ccc2c(c1)C(=O)N(CCCC(=O)Nc1cc(S(=O)(=O)N3CCCCC3)ccc1C)C2=O. The summed E-state index contributed by atoms with van der Waals surface area (Å²) in [7, 11) is -3.61. The fourth-order valence-corrected chi connectivity index (χ4v) is 5.91. The molecule has 0 radical (unpaired) electrons. The number of hydrogen-bond donors (Lipinski definition) is 1. The van der Waals surface area contributed by atoms with Crippen LogP contribution >= 0.6 is 0 Å². The highest BCUT2D eigenvalue weighted by atomic mass is 32.2. The van der Waals surface area contributed by atoms with E-state index in [0.717, 1.165) is 30.4 Å². The van der Waals surface area contributed by atoms with Gasteiger partial charge in [-0.3, -0.25) is 19.3 Å². The zero-order valence-electron chi connectivity index (χ0n) is 19.5. The maximum Gasteiger partial charge on any atom is 0.261 e. The van der Waals surface area contributed by atoms with Crippen molar-refractivity contribution >= 4 is 33.4 Å². The van der Waals surface area contributed by atoms with Crippen LogP contribution < -0.4 is 5.32 Å². The molecule has 0 saturated carbocycles. The van der Waals surface area contributed by atoms with Crippen LogP contribution in [0.2, 0.25) is 0 Å². The van der Waals surface area contributed by atoms with E-state index in [-0.39, 0.29) is 35.6 Å². The first-order valence-corrected chi connectivity index (χ1v) is 13.0. The van der Waals surface area contributed by atoms with Crippen LogP contribution in [-0.2, 0) is 14.8 Å².